The Hall–Kier alpha value is -2.41. The van der Waals surface area contributed by atoms with Crippen LogP contribution in [0.3, 0.4) is 0 Å². The van der Waals surface area contributed by atoms with Crippen molar-refractivity contribution in [3.05, 3.63) is 29.8 Å². The van der Waals surface area contributed by atoms with Gasteiger partial charge in [-0.05, 0) is 25.0 Å². The topological polar surface area (TPSA) is 95.2 Å². The number of nitrogens with two attached hydrogens (primary N) is 1. The standard InChI is InChI=1S/C14H19N5O2/c1-3-21-14-18-12(15)17-13(19-14)16-11-7-5-4-6-10(11)8-9-20-2/h4-7H,3,8-9H2,1-2H3,(H3,15,16,17,18,19). The summed E-state index contributed by atoms with van der Waals surface area (Å²) in [6, 6.07) is 8.10. The monoisotopic (exact) mass is 289 g/mol. The van der Waals surface area contributed by atoms with E-state index in [4.69, 9.17) is 15.2 Å². The Balaban J connectivity index is 2.21. The zero-order chi connectivity index (χ0) is 15.1. The van der Waals surface area contributed by atoms with Crippen molar-refractivity contribution in [2.24, 2.45) is 0 Å². The molecule has 0 spiro atoms. The maximum atomic E-state index is 5.66. The van der Waals surface area contributed by atoms with Crippen molar-refractivity contribution in [3.63, 3.8) is 0 Å². The first-order chi connectivity index (χ1) is 10.2. The Morgan fingerprint density at radius 1 is 1.19 bits per heavy atom. The fraction of sp³-hybridized carbons (Fsp3) is 0.357. The van der Waals surface area contributed by atoms with Gasteiger partial charge in [-0.1, -0.05) is 18.2 Å². The number of hydrogen-bond acceptors (Lipinski definition) is 7. The number of benzene rings is 1. The molecule has 2 aromatic rings. The lowest BCUT2D eigenvalue weighted by Gasteiger charge is -2.11. The highest BCUT2D eigenvalue weighted by Crippen LogP contribution is 2.20. The molecule has 7 heteroatoms. The van der Waals surface area contributed by atoms with Gasteiger partial charge in [0.25, 0.3) is 0 Å². The third kappa shape index (κ3) is 4.28. The number of nitrogens with zero attached hydrogens (tertiary/aromatic N) is 3. The van der Waals surface area contributed by atoms with E-state index in [0.29, 0.717) is 19.2 Å². The van der Waals surface area contributed by atoms with Gasteiger partial charge in [0.1, 0.15) is 0 Å². The summed E-state index contributed by atoms with van der Waals surface area (Å²) in [7, 11) is 1.68. The Morgan fingerprint density at radius 2 is 2.00 bits per heavy atom. The minimum Gasteiger partial charge on any atom is -0.464 e. The lowest BCUT2D eigenvalue weighted by atomic mass is 10.1. The highest BCUT2D eigenvalue weighted by Gasteiger charge is 2.08. The van der Waals surface area contributed by atoms with E-state index in [1.165, 1.54) is 0 Å². The van der Waals surface area contributed by atoms with Crippen LogP contribution in [0.4, 0.5) is 17.6 Å². The molecule has 2 rings (SSSR count). The number of methoxy groups -OCH3 is 1. The van der Waals surface area contributed by atoms with Crippen molar-refractivity contribution in [3.8, 4) is 6.01 Å². The molecule has 0 aliphatic carbocycles. The second kappa shape index (κ2) is 7.39. The van der Waals surface area contributed by atoms with Crippen molar-refractivity contribution in [2.75, 3.05) is 31.4 Å². The summed E-state index contributed by atoms with van der Waals surface area (Å²) in [5.74, 6) is 0.473. The molecule has 1 aromatic heterocycles. The SMILES string of the molecule is CCOc1nc(N)nc(Nc2ccccc2CCOC)n1. The van der Waals surface area contributed by atoms with Crippen molar-refractivity contribution < 1.29 is 9.47 Å². The smallest absolute Gasteiger partial charge is 0.323 e. The van der Waals surface area contributed by atoms with Gasteiger partial charge in [-0.3, -0.25) is 0 Å². The van der Waals surface area contributed by atoms with E-state index >= 15 is 0 Å². The van der Waals surface area contributed by atoms with Crippen LogP contribution in [0.5, 0.6) is 6.01 Å². The zero-order valence-corrected chi connectivity index (χ0v) is 12.2. The van der Waals surface area contributed by atoms with Crippen LogP contribution in [0.25, 0.3) is 0 Å². The summed E-state index contributed by atoms with van der Waals surface area (Å²) in [5.41, 5.74) is 7.67. The Labute approximate surface area is 123 Å². The van der Waals surface area contributed by atoms with Crippen molar-refractivity contribution in [2.45, 2.75) is 13.3 Å². The Bertz CT molecular complexity index is 591. The van der Waals surface area contributed by atoms with Gasteiger partial charge in [0.2, 0.25) is 11.9 Å². The average Bonchev–Trinajstić information content (AvgIpc) is 2.46. The van der Waals surface area contributed by atoms with E-state index in [0.717, 1.165) is 17.7 Å². The second-order valence-corrected chi connectivity index (χ2v) is 4.26. The van der Waals surface area contributed by atoms with Crippen LogP contribution < -0.4 is 15.8 Å². The average molecular weight is 289 g/mol. The molecule has 0 aliphatic heterocycles. The molecule has 7 nitrogen and oxygen atoms in total. The minimum atomic E-state index is 0.116. The first-order valence-electron chi connectivity index (χ1n) is 6.71. The van der Waals surface area contributed by atoms with Gasteiger partial charge in [0, 0.05) is 12.8 Å². The molecule has 0 fully saturated rings. The van der Waals surface area contributed by atoms with E-state index < -0.39 is 0 Å². The Morgan fingerprint density at radius 3 is 2.76 bits per heavy atom. The third-order valence-electron chi connectivity index (χ3n) is 2.74. The molecule has 1 heterocycles. The van der Waals surface area contributed by atoms with Crippen LogP contribution in [0.1, 0.15) is 12.5 Å². The second-order valence-electron chi connectivity index (χ2n) is 4.26. The van der Waals surface area contributed by atoms with E-state index in [9.17, 15) is 0 Å². The molecule has 21 heavy (non-hydrogen) atoms. The number of nitrogen functional groups attached to an aromatic ring is 1. The van der Waals surface area contributed by atoms with E-state index in [2.05, 4.69) is 20.3 Å². The molecule has 0 saturated carbocycles. The highest BCUT2D eigenvalue weighted by molar-refractivity contribution is 5.59. The molecule has 0 saturated heterocycles. The number of hydrogen-bond donors (Lipinski definition) is 2. The van der Waals surface area contributed by atoms with Gasteiger partial charge in [0.05, 0.1) is 13.2 Å². The third-order valence-corrected chi connectivity index (χ3v) is 2.74. The number of para-hydroxylation sites is 1. The fourth-order valence-electron chi connectivity index (χ4n) is 1.81. The predicted octanol–water partition coefficient (Wildman–Crippen LogP) is 1.78. The van der Waals surface area contributed by atoms with Crippen molar-refractivity contribution in [1.82, 2.24) is 15.0 Å². The normalized spacial score (nSPS) is 10.4. The zero-order valence-electron chi connectivity index (χ0n) is 12.2. The lowest BCUT2D eigenvalue weighted by molar-refractivity contribution is 0.202. The van der Waals surface area contributed by atoms with E-state index in [-0.39, 0.29) is 12.0 Å². The van der Waals surface area contributed by atoms with Crippen molar-refractivity contribution >= 4 is 17.6 Å². The van der Waals surface area contributed by atoms with Crippen LogP contribution in [0, 0.1) is 0 Å². The molecule has 112 valence electrons. The first kappa shape index (κ1) is 15.0. The van der Waals surface area contributed by atoms with Crippen LogP contribution in [-0.4, -0.2) is 35.3 Å². The molecule has 3 N–H and O–H groups in total. The van der Waals surface area contributed by atoms with Crippen molar-refractivity contribution in [1.29, 1.82) is 0 Å². The predicted molar refractivity (Wildman–Crippen MR) is 80.7 cm³/mol. The van der Waals surface area contributed by atoms with Gasteiger partial charge in [0.15, 0.2) is 0 Å². The molecule has 0 amide bonds. The molecule has 1 aromatic carbocycles. The fourth-order valence-corrected chi connectivity index (χ4v) is 1.81. The minimum absolute atomic E-state index is 0.116. The van der Waals surface area contributed by atoms with E-state index in [1.807, 2.05) is 31.2 Å². The number of anilines is 3. The van der Waals surface area contributed by atoms with Crippen LogP contribution in [0.15, 0.2) is 24.3 Å². The summed E-state index contributed by atoms with van der Waals surface area (Å²) in [5, 5.41) is 3.14. The van der Waals surface area contributed by atoms with Crippen LogP contribution in [0.2, 0.25) is 0 Å². The van der Waals surface area contributed by atoms with E-state index in [1.54, 1.807) is 7.11 Å². The number of aromatic nitrogens is 3. The van der Waals surface area contributed by atoms with Gasteiger partial charge in [-0.2, -0.15) is 15.0 Å². The lowest BCUT2D eigenvalue weighted by Crippen LogP contribution is -2.08. The number of rotatable bonds is 7. The maximum absolute atomic E-state index is 5.66. The van der Waals surface area contributed by atoms with Gasteiger partial charge in [-0.15, -0.1) is 0 Å². The summed E-state index contributed by atoms with van der Waals surface area (Å²) in [6.45, 7) is 2.96. The molecule has 0 bridgehead atoms. The molecule has 0 aliphatic rings. The van der Waals surface area contributed by atoms with Gasteiger partial charge >= 0.3 is 6.01 Å². The van der Waals surface area contributed by atoms with Crippen LogP contribution in [-0.2, 0) is 11.2 Å². The molecular formula is C14H19N5O2. The largest absolute Gasteiger partial charge is 0.464 e. The summed E-state index contributed by atoms with van der Waals surface area (Å²) >= 11 is 0. The number of nitrogens with one attached hydrogen (secondary N) is 1. The molecule has 0 unspecified atom stereocenters. The first-order valence-corrected chi connectivity index (χ1v) is 6.71. The quantitative estimate of drug-likeness (QED) is 0.802. The summed E-state index contributed by atoms with van der Waals surface area (Å²) in [6.07, 6.45) is 0.790. The number of ether oxygens (including phenoxy) is 2. The Kier molecular flexibility index (Phi) is 5.28. The van der Waals surface area contributed by atoms with Crippen LogP contribution >= 0.6 is 0 Å². The summed E-state index contributed by atoms with van der Waals surface area (Å²) in [4.78, 5) is 12.1. The van der Waals surface area contributed by atoms with Gasteiger partial charge < -0.3 is 20.5 Å². The maximum Gasteiger partial charge on any atom is 0.323 e. The molecule has 0 radical (unpaired) electrons. The molecule has 0 atom stereocenters. The highest BCUT2D eigenvalue weighted by atomic mass is 16.5. The summed E-state index contributed by atoms with van der Waals surface area (Å²) < 4.78 is 10.4. The van der Waals surface area contributed by atoms with Gasteiger partial charge in [-0.25, -0.2) is 0 Å². The molecular weight excluding hydrogens is 270 g/mol.